The van der Waals surface area contributed by atoms with Gasteiger partial charge in [0, 0.05) is 13.0 Å². The predicted octanol–water partition coefficient (Wildman–Crippen LogP) is 1.89. The van der Waals surface area contributed by atoms with Gasteiger partial charge in [-0.15, -0.1) is 0 Å². The number of aliphatic carboxylic acids is 1. The zero-order valence-corrected chi connectivity index (χ0v) is 22.3. The lowest BCUT2D eigenvalue weighted by atomic mass is 10.1. The number of hydrogen-bond acceptors (Lipinski definition) is 10. The summed E-state index contributed by atoms with van der Waals surface area (Å²) in [5.74, 6) is -1.00. The van der Waals surface area contributed by atoms with Gasteiger partial charge in [-0.25, -0.2) is 19.7 Å². The maximum atomic E-state index is 12.4. The van der Waals surface area contributed by atoms with Crippen LogP contribution in [0.5, 0.6) is 0 Å². The van der Waals surface area contributed by atoms with Crippen LogP contribution in [0.3, 0.4) is 0 Å². The minimum Gasteiger partial charge on any atom is -0.481 e. The van der Waals surface area contributed by atoms with Crippen LogP contribution in [0.4, 0.5) is 10.6 Å². The Labute approximate surface area is 228 Å². The fraction of sp³-hybridized carbons (Fsp3) is 0.458. The third-order valence-electron chi connectivity index (χ3n) is 6.40. The van der Waals surface area contributed by atoms with Crippen LogP contribution >= 0.6 is 7.60 Å². The second-order valence-electron chi connectivity index (χ2n) is 9.22. The van der Waals surface area contributed by atoms with Gasteiger partial charge in [-0.3, -0.25) is 19.2 Å². The zero-order valence-electron chi connectivity index (χ0n) is 21.5. The van der Waals surface area contributed by atoms with Crippen LogP contribution in [-0.4, -0.2) is 85.4 Å². The average Bonchev–Trinajstić information content (AvgIpc) is 3.61. The number of fused-ring (bicyclic) bond motifs is 2. The number of amides is 2. The molecule has 4 heterocycles. The van der Waals surface area contributed by atoms with Crippen LogP contribution in [0.2, 0.25) is 0 Å². The van der Waals surface area contributed by atoms with E-state index in [-0.39, 0.29) is 12.4 Å². The molecule has 4 N–H and O–H groups in total. The smallest absolute Gasteiger partial charge is 0.328 e. The number of benzene rings is 1. The first-order valence-corrected chi connectivity index (χ1v) is 14.4. The lowest BCUT2D eigenvalue weighted by molar-refractivity contribution is -0.148. The highest BCUT2D eigenvalue weighted by Crippen LogP contribution is 2.46. The molecule has 0 spiro atoms. The van der Waals surface area contributed by atoms with Crippen molar-refractivity contribution in [2.24, 2.45) is 0 Å². The number of anilines is 1. The summed E-state index contributed by atoms with van der Waals surface area (Å²) >= 11 is 0. The van der Waals surface area contributed by atoms with E-state index in [4.69, 9.17) is 23.8 Å². The molecule has 15 nitrogen and oxygen atoms in total. The minimum atomic E-state index is -4.19. The molecular formula is C24H29N6O9P. The first-order valence-electron chi connectivity index (χ1n) is 12.6. The van der Waals surface area contributed by atoms with Crippen molar-refractivity contribution in [3.63, 3.8) is 0 Å². The van der Waals surface area contributed by atoms with Gasteiger partial charge in [0.15, 0.2) is 29.5 Å². The Morgan fingerprint density at radius 3 is 2.65 bits per heavy atom. The summed E-state index contributed by atoms with van der Waals surface area (Å²) in [5, 5.41) is 14.1. The number of carboxylic acid groups (broad SMARTS) is 1. The molecule has 3 unspecified atom stereocenters. The quantitative estimate of drug-likeness (QED) is 0.242. The Hall–Kier alpha value is -3.46. The second kappa shape index (κ2) is 12.0. The molecule has 0 radical (unpaired) electrons. The molecule has 6 atom stereocenters. The molecule has 2 aromatic heterocycles. The average molecular weight is 577 g/mol. The van der Waals surface area contributed by atoms with Crippen molar-refractivity contribution in [3.8, 4) is 0 Å². The summed E-state index contributed by atoms with van der Waals surface area (Å²) in [4.78, 5) is 45.8. The Morgan fingerprint density at radius 1 is 1.12 bits per heavy atom. The number of hydrogen-bond donors (Lipinski definition) is 4. The number of carbonyl (C=O) groups excluding carboxylic acids is 1. The summed E-state index contributed by atoms with van der Waals surface area (Å²) in [6.45, 7) is 1.88. The molecular weight excluding hydrogens is 547 g/mol. The Balaban J connectivity index is 1.38. The Bertz CT molecular complexity index is 1410. The third-order valence-corrected chi connectivity index (χ3v) is 7.74. The topological polar surface area (TPSA) is 196 Å². The Morgan fingerprint density at radius 2 is 1.90 bits per heavy atom. The van der Waals surface area contributed by atoms with Crippen molar-refractivity contribution in [1.82, 2.24) is 24.8 Å². The monoisotopic (exact) mass is 576 g/mol. The first kappa shape index (κ1) is 28.1. The fourth-order valence-electron chi connectivity index (χ4n) is 4.59. The van der Waals surface area contributed by atoms with E-state index in [0.29, 0.717) is 24.1 Å². The van der Waals surface area contributed by atoms with Gasteiger partial charge in [0.05, 0.1) is 25.5 Å². The summed E-state index contributed by atoms with van der Waals surface area (Å²) < 4.78 is 37.9. The summed E-state index contributed by atoms with van der Waals surface area (Å²) in [6, 6.07) is 9.18. The van der Waals surface area contributed by atoms with Crippen molar-refractivity contribution in [2.45, 2.75) is 50.6 Å². The van der Waals surface area contributed by atoms with E-state index in [2.05, 4.69) is 25.6 Å². The van der Waals surface area contributed by atoms with Crippen LogP contribution in [0.25, 0.3) is 11.2 Å². The van der Waals surface area contributed by atoms with Crippen LogP contribution < -0.4 is 10.6 Å². The molecule has 2 aliphatic heterocycles. The zero-order chi connectivity index (χ0) is 28.3. The maximum Gasteiger partial charge on any atom is 0.328 e. The summed E-state index contributed by atoms with van der Waals surface area (Å²) in [5.41, 5.74) is 1.67. The van der Waals surface area contributed by atoms with Gasteiger partial charge in [-0.2, -0.15) is 0 Å². The molecule has 3 aromatic rings. The standard InChI is InChI=1S/C24H29N6O9P/c1-2-25-24(33)29-21-18-22(27-12-26-21)30(13-28-18)23-20-19(38-17(39-20)10-14-6-4-3-5-7-14)15(37-23)11-36-40(34,35)9-8-16(31)32/h3-7,12-13,15,17,19-20,23H,2,8-11H2,1H3,(H,31,32)(H,34,35)(H2,25,26,27,29,33)/t15-,17?,19?,20+,23-/m1/s1. The molecule has 214 valence electrons. The Kier molecular flexibility index (Phi) is 8.40. The highest BCUT2D eigenvalue weighted by Gasteiger charge is 2.54. The fourth-order valence-corrected chi connectivity index (χ4v) is 5.58. The van der Waals surface area contributed by atoms with E-state index < -0.39 is 63.0 Å². The van der Waals surface area contributed by atoms with Crippen LogP contribution in [0.15, 0.2) is 43.0 Å². The molecule has 2 fully saturated rings. The number of urea groups is 1. The molecule has 2 aliphatic rings. The minimum absolute atomic E-state index is 0.203. The molecule has 2 amide bonds. The van der Waals surface area contributed by atoms with Crippen LogP contribution in [0, 0.1) is 0 Å². The van der Waals surface area contributed by atoms with Gasteiger partial charge < -0.3 is 34.1 Å². The van der Waals surface area contributed by atoms with Gasteiger partial charge in [-0.1, -0.05) is 30.3 Å². The van der Waals surface area contributed by atoms with Gasteiger partial charge in [-0.05, 0) is 12.5 Å². The number of carbonyl (C=O) groups is 2. The van der Waals surface area contributed by atoms with E-state index in [0.717, 1.165) is 5.56 Å². The largest absolute Gasteiger partial charge is 0.481 e. The number of imidazole rings is 1. The molecule has 40 heavy (non-hydrogen) atoms. The molecule has 0 bridgehead atoms. The van der Waals surface area contributed by atoms with E-state index in [1.54, 1.807) is 11.5 Å². The lowest BCUT2D eigenvalue weighted by Crippen LogP contribution is -2.32. The summed E-state index contributed by atoms with van der Waals surface area (Å²) in [7, 11) is -4.19. The van der Waals surface area contributed by atoms with Crippen LogP contribution in [-0.2, 0) is 34.5 Å². The molecule has 16 heteroatoms. The van der Waals surface area contributed by atoms with Crippen molar-refractivity contribution >= 4 is 36.6 Å². The van der Waals surface area contributed by atoms with Crippen LogP contribution in [0.1, 0.15) is 25.1 Å². The molecule has 5 rings (SSSR count). The lowest BCUT2D eigenvalue weighted by Gasteiger charge is -2.22. The van der Waals surface area contributed by atoms with Crippen molar-refractivity contribution in [3.05, 3.63) is 48.5 Å². The van der Waals surface area contributed by atoms with E-state index in [9.17, 15) is 19.0 Å². The van der Waals surface area contributed by atoms with Crippen molar-refractivity contribution in [1.29, 1.82) is 0 Å². The number of ether oxygens (including phenoxy) is 3. The second-order valence-corrected chi connectivity index (χ2v) is 11.2. The number of rotatable bonds is 11. The number of aromatic nitrogens is 4. The maximum absolute atomic E-state index is 12.4. The van der Waals surface area contributed by atoms with Gasteiger partial charge >= 0.3 is 19.6 Å². The van der Waals surface area contributed by atoms with E-state index in [1.807, 2.05) is 30.3 Å². The SMILES string of the molecule is CCNC(=O)Nc1ncnc2c1ncn2[C@@H]1O[C@H](COP(=O)(O)CCC(=O)O)C2OC(Cc3ccccc3)O[C@@H]21. The highest BCUT2D eigenvalue weighted by molar-refractivity contribution is 7.52. The van der Waals surface area contributed by atoms with Crippen molar-refractivity contribution in [2.75, 3.05) is 24.6 Å². The normalized spacial score (nSPS) is 25.4. The number of carboxylic acids is 1. The molecule has 2 saturated heterocycles. The molecule has 0 saturated carbocycles. The number of nitrogens with one attached hydrogen (secondary N) is 2. The van der Waals surface area contributed by atoms with Gasteiger partial charge in [0.25, 0.3) is 0 Å². The summed E-state index contributed by atoms with van der Waals surface area (Å²) in [6.07, 6.45) is -1.43. The van der Waals surface area contributed by atoms with Crippen molar-refractivity contribution < 1.29 is 42.9 Å². The van der Waals surface area contributed by atoms with Gasteiger partial charge in [0.2, 0.25) is 0 Å². The molecule has 0 aliphatic carbocycles. The predicted molar refractivity (Wildman–Crippen MR) is 139 cm³/mol. The number of nitrogens with zero attached hydrogens (tertiary/aromatic N) is 4. The van der Waals surface area contributed by atoms with Gasteiger partial charge in [0.1, 0.15) is 24.6 Å². The van der Waals surface area contributed by atoms with E-state index in [1.165, 1.54) is 12.7 Å². The van der Waals surface area contributed by atoms with E-state index >= 15 is 0 Å². The molecule has 1 aromatic carbocycles. The third kappa shape index (κ3) is 6.30. The first-order chi connectivity index (χ1) is 19.2. The highest BCUT2D eigenvalue weighted by atomic mass is 31.2.